The Morgan fingerprint density at radius 1 is 0.683 bits per heavy atom. The van der Waals surface area contributed by atoms with E-state index in [0.29, 0.717) is 0 Å². The van der Waals surface area contributed by atoms with Gasteiger partial charge in [0.1, 0.15) is 61.1 Å². The number of aromatic amines is 2. The van der Waals surface area contributed by atoms with Crippen LogP contribution in [0.2, 0.25) is 0 Å². The number of aliphatic hydroxyl groups excluding tert-OH is 3. The fourth-order valence-corrected chi connectivity index (χ4v) is 14.1. The second-order valence-electron chi connectivity index (χ2n) is 18.5. The molecule has 0 aliphatic carbocycles. The largest absolute Gasteiger partial charge is 0.756 e. The summed E-state index contributed by atoms with van der Waals surface area (Å²) in [6.07, 6.45) is -12.7. The molecule has 0 radical (unpaired) electrons. The first-order valence-electron chi connectivity index (χ1n) is 24.1. The standard InChI is InChI=1S/C40H51N15O23P4/c1-3-18-19(73-36(25(18)56)55-16-52(9-17-7-5-4-6-8-17)24-33(55)49-40(43)51-35(24)60)10-71-80(63,64)77-82(67,68)78-81(65,66)72-12-21-28(29(69-2)38(75-21)53-14-46-22-30(41)44-13-45-31(22)53)76-79(61,62)70-11-20-26(57)27(58)37(74-20)54-15-47-23-32(54)48-39(42)50-34(23)59/h4-8,13-16,18-21,25-29,36-38,56-58H,3,9-12H2,1-2H3,(H11-,41,42,43,44,45,48,49,50,51,59,60,61,62,63,64,65,66,67,68)/t18-,19-,20-,21-,25-,26-,27-,28-,29-,36-,37-,38-/m1/s1. The smallest absolute Gasteiger partial charge is 0.490 e. The number of methoxy groups -OCH3 is 1. The molecule has 16 atom stereocenters. The van der Waals surface area contributed by atoms with Gasteiger partial charge in [0.15, 0.2) is 35.1 Å². The summed E-state index contributed by atoms with van der Waals surface area (Å²) in [6.45, 7) is -1.40. The fourth-order valence-electron chi connectivity index (χ4n) is 9.68. The lowest BCUT2D eigenvalue weighted by atomic mass is 9.95. The van der Waals surface area contributed by atoms with E-state index in [9.17, 15) is 62.7 Å². The first-order chi connectivity index (χ1) is 38.8. The van der Waals surface area contributed by atoms with Gasteiger partial charge in [0.25, 0.3) is 24.5 Å². The predicted octanol–water partition coefficient (Wildman–Crippen LogP) is -2.17. The van der Waals surface area contributed by atoms with Gasteiger partial charge in [-0.05, 0) is 12.0 Å². The van der Waals surface area contributed by atoms with Crippen LogP contribution in [0.25, 0.3) is 33.5 Å². The van der Waals surface area contributed by atoms with Crippen LogP contribution >= 0.6 is 31.3 Å². The van der Waals surface area contributed by atoms with Crippen molar-refractivity contribution in [2.45, 2.75) is 87.4 Å². The molecule has 4 unspecified atom stereocenters. The van der Waals surface area contributed by atoms with Crippen LogP contribution in [0.15, 0.2) is 65.2 Å². The summed E-state index contributed by atoms with van der Waals surface area (Å²) in [4.78, 5) is 100. The van der Waals surface area contributed by atoms with Gasteiger partial charge in [-0.2, -0.15) is 23.2 Å². The first-order valence-corrected chi connectivity index (χ1v) is 30.1. The number of anilines is 3. The van der Waals surface area contributed by atoms with Crippen LogP contribution in [0, 0.1) is 5.92 Å². The Morgan fingerprint density at radius 3 is 1.94 bits per heavy atom. The van der Waals surface area contributed by atoms with Crippen LogP contribution < -0.4 is 37.8 Å². The molecule has 14 N–H and O–H groups in total. The van der Waals surface area contributed by atoms with Crippen LogP contribution in [0.5, 0.6) is 0 Å². The van der Waals surface area contributed by atoms with Crippen molar-refractivity contribution in [3.05, 3.63) is 81.9 Å². The molecule has 9 heterocycles. The van der Waals surface area contributed by atoms with E-state index >= 15 is 0 Å². The average Bonchev–Trinajstić information content (AvgIpc) is 4.31. The van der Waals surface area contributed by atoms with Crippen molar-refractivity contribution < 1.29 is 103 Å². The molecule has 0 bridgehead atoms. The summed E-state index contributed by atoms with van der Waals surface area (Å²) in [5.41, 5.74) is 16.7. The maximum Gasteiger partial charge on any atom is 0.490 e. The lowest BCUT2D eigenvalue weighted by molar-refractivity contribution is -0.664. The molecule has 6 aromatic heterocycles. The van der Waals surface area contributed by atoms with E-state index in [2.05, 4.69) is 48.5 Å². The molecule has 7 aromatic rings. The summed E-state index contributed by atoms with van der Waals surface area (Å²) in [5, 5.41) is 33.3. The molecule has 0 amide bonds. The van der Waals surface area contributed by atoms with Gasteiger partial charge < -0.3 is 80.1 Å². The SMILES string of the molecule is CC[C@H]1[C@@H](O)[C@H](n2c[n+](Cc3ccccc3)c3c(=O)[nH]c(N)nc32)O[C@@H]1COP(=O)(O)OP(=O)(O)OP(=O)(O)OC[C@H]1O[C@@H](n2cnc3c(N)ncnc32)[C@H](OC)[C@@H]1OP(=O)([O-])OC[C@H]1O[C@@H](n2cnc3c(=O)[nH]c(N)nc32)[C@H](O)[C@@H]1O. The zero-order valence-electron chi connectivity index (χ0n) is 42.3. The monoisotopic (exact) mass is 1230 g/mol. The number of phosphoric ester groups is 3. The number of rotatable bonds is 22. The number of aliphatic hydroxyl groups is 3. The highest BCUT2D eigenvalue weighted by Crippen LogP contribution is 2.68. The molecular formula is C40H51N15O23P4. The third-order valence-corrected chi connectivity index (χ3v) is 18.5. The summed E-state index contributed by atoms with van der Waals surface area (Å²) < 4.78 is 111. The quantitative estimate of drug-likeness (QED) is 0.0254. The van der Waals surface area contributed by atoms with E-state index < -0.39 is 136 Å². The van der Waals surface area contributed by atoms with Gasteiger partial charge in [0, 0.05) is 13.0 Å². The van der Waals surface area contributed by atoms with Crippen LogP contribution in [0.3, 0.4) is 0 Å². The van der Waals surface area contributed by atoms with Gasteiger partial charge in [-0.3, -0.25) is 42.3 Å². The molecule has 3 aliphatic heterocycles. The second kappa shape index (κ2) is 22.9. The number of ether oxygens (including phenoxy) is 4. The summed E-state index contributed by atoms with van der Waals surface area (Å²) >= 11 is 0. The highest BCUT2D eigenvalue weighted by Gasteiger charge is 2.53. The van der Waals surface area contributed by atoms with E-state index in [1.807, 2.05) is 12.1 Å². The molecule has 3 fully saturated rings. The number of nitrogen functional groups attached to an aromatic ring is 3. The Hall–Kier alpha value is -5.89. The molecule has 10 rings (SSSR count). The van der Waals surface area contributed by atoms with Crippen LogP contribution in [0.4, 0.5) is 17.7 Å². The molecule has 0 saturated carbocycles. The minimum Gasteiger partial charge on any atom is -0.756 e. The summed E-state index contributed by atoms with van der Waals surface area (Å²) in [7, 11) is -22.6. The van der Waals surface area contributed by atoms with Crippen LogP contribution in [-0.2, 0) is 70.5 Å². The number of nitrogens with one attached hydrogen (secondary N) is 2. The second-order valence-corrected chi connectivity index (χ2v) is 24.5. The van der Waals surface area contributed by atoms with Gasteiger partial charge >= 0.3 is 29.0 Å². The molecule has 82 heavy (non-hydrogen) atoms. The molecule has 1 aromatic carbocycles. The molecule has 42 heteroatoms. The number of H-pyrrole nitrogens is 2. The topological polar surface area (TPSA) is 545 Å². The minimum absolute atomic E-state index is 0.00316. The Kier molecular flexibility index (Phi) is 16.6. The summed E-state index contributed by atoms with van der Waals surface area (Å²) in [6, 6.07) is 9.02. The first kappa shape index (κ1) is 59.3. The number of nitrogens with zero attached hydrogens (tertiary/aromatic N) is 10. The molecule has 0 spiro atoms. The van der Waals surface area contributed by atoms with Gasteiger partial charge in [-0.15, -0.1) is 0 Å². The van der Waals surface area contributed by atoms with Crippen molar-refractivity contribution >= 4 is 82.5 Å². The number of hydrogen-bond acceptors (Lipinski definition) is 29. The lowest BCUT2D eigenvalue weighted by Crippen LogP contribution is -2.39. The number of hydrogen-bond donors (Lipinski definition) is 11. The summed E-state index contributed by atoms with van der Waals surface area (Å²) in [5.74, 6) is -1.53. The Bertz CT molecular complexity index is 3830. The molecule has 444 valence electrons. The Morgan fingerprint density at radius 2 is 1.27 bits per heavy atom. The predicted molar refractivity (Wildman–Crippen MR) is 269 cm³/mol. The molecule has 3 saturated heterocycles. The van der Waals surface area contributed by atoms with Crippen molar-refractivity contribution in [3.8, 4) is 0 Å². The Labute approximate surface area is 457 Å². The van der Waals surface area contributed by atoms with E-state index in [-0.39, 0.29) is 64.2 Å². The maximum absolute atomic E-state index is 13.6. The maximum atomic E-state index is 13.6. The van der Waals surface area contributed by atoms with Crippen molar-refractivity contribution in [2.75, 3.05) is 44.1 Å². The minimum atomic E-state index is -6.19. The number of imidazole rings is 3. The molecular weight excluding hydrogens is 1180 g/mol. The normalized spacial score (nSPS) is 28.8. The highest BCUT2D eigenvalue weighted by atomic mass is 31.3. The number of fused-ring (bicyclic) bond motifs is 3. The average molecular weight is 1230 g/mol. The zero-order chi connectivity index (χ0) is 58.8. The molecule has 38 nitrogen and oxygen atoms in total. The van der Waals surface area contributed by atoms with Crippen molar-refractivity contribution in [1.82, 2.24) is 53.6 Å². The number of nitrogens with two attached hydrogens (primary N) is 3. The number of aromatic nitrogens is 12. The van der Waals surface area contributed by atoms with E-state index in [0.717, 1.165) is 36.2 Å². The van der Waals surface area contributed by atoms with Crippen molar-refractivity contribution in [1.29, 1.82) is 0 Å². The lowest BCUT2D eigenvalue weighted by Gasteiger charge is -2.31. The van der Waals surface area contributed by atoms with Crippen molar-refractivity contribution in [3.63, 3.8) is 0 Å². The molecule has 3 aliphatic rings. The number of benzene rings is 1. The van der Waals surface area contributed by atoms with Crippen LogP contribution in [0.1, 0.15) is 37.6 Å². The fraction of sp³-hybridized carbons (Fsp3) is 0.475. The third-order valence-electron chi connectivity index (χ3n) is 13.3. The van der Waals surface area contributed by atoms with Crippen molar-refractivity contribution in [2.24, 2.45) is 5.92 Å². The zero-order valence-corrected chi connectivity index (χ0v) is 45.9. The van der Waals surface area contributed by atoms with Gasteiger partial charge in [-0.1, -0.05) is 37.3 Å². The van der Waals surface area contributed by atoms with E-state index in [1.54, 1.807) is 29.7 Å². The van der Waals surface area contributed by atoms with Gasteiger partial charge in [0.05, 0.1) is 38.6 Å². The third kappa shape index (κ3) is 12.1. The number of phosphoric acid groups is 4. The Balaban J connectivity index is 0.805. The van der Waals surface area contributed by atoms with Gasteiger partial charge in [-0.25, -0.2) is 38.2 Å². The van der Waals surface area contributed by atoms with E-state index in [1.165, 1.54) is 15.5 Å². The van der Waals surface area contributed by atoms with E-state index in [4.69, 9.17) is 54.2 Å². The van der Waals surface area contributed by atoms with Crippen LogP contribution in [-0.4, -0.2) is 159 Å². The highest BCUT2D eigenvalue weighted by molar-refractivity contribution is 7.66. The van der Waals surface area contributed by atoms with Gasteiger partial charge in [0.2, 0.25) is 24.5 Å².